The summed E-state index contributed by atoms with van der Waals surface area (Å²) in [6.07, 6.45) is 0. The van der Waals surface area contributed by atoms with Crippen molar-refractivity contribution >= 4 is 98.8 Å². The van der Waals surface area contributed by atoms with Crippen LogP contribution in [0.5, 0.6) is 0 Å². The average molecular weight is 969 g/mol. The first-order valence-corrected chi connectivity index (χ1v) is 26.8. The monoisotopic (exact) mass is 968 g/mol. The van der Waals surface area contributed by atoms with E-state index in [1.165, 1.54) is 109 Å². The molecule has 0 N–H and O–H groups in total. The van der Waals surface area contributed by atoms with Crippen LogP contribution in [0.25, 0.3) is 98.0 Å². The zero-order valence-electron chi connectivity index (χ0n) is 43.0. The number of anilines is 6. The summed E-state index contributed by atoms with van der Waals surface area (Å²) >= 11 is 0. The summed E-state index contributed by atoms with van der Waals surface area (Å²) in [5, 5.41) is 15.4. The van der Waals surface area contributed by atoms with Crippen LogP contribution >= 0.6 is 0 Å². The molecule has 0 fully saturated rings. The average Bonchev–Trinajstić information content (AvgIpc) is 3.96. The van der Waals surface area contributed by atoms with E-state index in [2.05, 4.69) is 280 Å². The lowest BCUT2D eigenvalue weighted by molar-refractivity contribution is 0.660. The van der Waals surface area contributed by atoms with Crippen molar-refractivity contribution in [2.24, 2.45) is 0 Å². The van der Waals surface area contributed by atoms with Crippen LogP contribution in [-0.4, -0.2) is 0 Å². The smallest absolute Gasteiger partial charge is 0.0473 e. The van der Waals surface area contributed by atoms with Crippen LogP contribution in [0.15, 0.2) is 243 Å². The van der Waals surface area contributed by atoms with Gasteiger partial charge in [0.15, 0.2) is 0 Å². The van der Waals surface area contributed by atoms with Crippen molar-refractivity contribution in [1.29, 1.82) is 0 Å². The number of fused-ring (bicyclic) bond motifs is 6. The van der Waals surface area contributed by atoms with Crippen molar-refractivity contribution in [2.75, 3.05) is 9.80 Å². The Hall–Kier alpha value is -9.24. The second-order valence-electron chi connectivity index (χ2n) is 22.5. The Kier molecular flexibility index (Phi) is 8.89. The van der Waals surface area contributed by atoms with E-state index in [-0.39, 0.29) is 10.8 Å². The standard InChI is InChI=1S/C74H52N2/c1-73(2)65-23-7-5-21-61(65)63-35-33-57(43-67(63)73)75(59-39-51-29-25-45-13-9-14-46-26-30-52(40-59)71(51)69(45)46)55-19-11-17-49(37-55)50-18-12-20-56(38-50)76(58-34-36-64-62-22-6-8-24-66(62)74(3,4)68(64)44-58)60-41-53-31-27-47-15-10-16-48-28-32-54(42-60)72(53)70(47)48/h5-44H,1-4H3. The van der Waals surface area contributed by atoms with Gasteiger partial charge >= 0.3 is 0 Å². The molecule has 0 bridgehead atoms. The Bertz CT molecular complexity index is 4300. The van der Waals surface area contributed by atoms with Gasteiger partial charge in [-0.05, 0) is 193 Å². The molecule has 358 valence electrons. The van der Waals surface area contributed by atoms with Crippen LogP contribution in [0.3, 0.4) is 0 Å². The summed E-state index contributed by atoms with van der Waals surface area (Å²) in [4.78, 5) is 4.97. The van der Waals surface area contributed by atoms with E-state index in [0.29, 0.717) is 0 Å². The normalized spacial score (nSPS) is 14.0. The Morgan fingerprint density at radius 1 is 0.224 bits per heavy atom. The number of hydrogen-bond donors (Lipinski definition) is 0. The Labute approximate surface area is 443 Å². The first kappa shape index (κ1) is 43.2. The maximum atomic E-state index is 2.49. The maximum absolute atomic E-state index is 2.49. The predicted octanol–water partition coefficient (Wildman–Crippen LogP) is 20.7. The summed E-state index contributed by atoms with van der Waals surface area (Å²) in [5.74, 6) is 0. The molecule has 0 spiro atoms. The van der Waals surface area contributed by atoms with Crippen molar-refractivity contribution in [1.82, 2.24) is 0 Å². The predicted molar refractivity (Wildman–Crippen MR) is 324 cm³/mol. The molecule has 0 unspecified atom stereocenters. The van der Waals surface area contributed by atoms with Crippen LogP contribution in [0.4, 0.5) is 34.1 Å². The fraction of sp³-hybridized carbons (Fsp3) is 0.0811. The summed E-state index contributed by atoms with van der Waals surface area (Å²) < 4.78 is 0. The van der Waals surface area contributed by atoms with Gasteiger partial charge in [-0.1, -0.05) is 198 Å². The Morgan fingerprint density at radius 3 is 0.934 bits per heavy atom. The van der Waals surface area contributed by atoms with Crippen LogP contribution in [0.2, 0.25) is 0 Å². The van der Waals surface area contributed by atoms with Gasteiger partial charge in [0.1, 0.15) is 0 Å². The molecule has 2 aliphatic rings. The largest absolute Gasteiger partial charge is 0.310 e. The van der Waals surface area contributed by atoms with E-state index in [1.807, 2.05) is 0 Å². The van der Waals surface area contributed by atoms with Crippen molar-refractivity contribution in [3.05, 3.63) is 265 Å². The first-order valence-electron chi connectivity index (χ1n) is 26.8. The summed E-state index contributed by atoms with van der Waals surface area (Å²) in [6, 6.07) is 91.8. The van der Waals surface area contributed by atoms with Gasteiger partial charge in [-0.2, -0.15) is 0 Å². The lowest BCUT2D eigenvalue weighted by Gasteiger charge is -2.30. The van der Waals surface area contributed by atoms with Crippen molar-refractivity contribution in [3.63, 3.8) is 0 Å². The highest BCUT2D eigenvalue weighted by molar-refractivity contribution is 6.25. The van der Waals surface area contributed by atoms with Crippen LogP contribution in [0.1, 0.15) is 49.9 Å². The molecule has 2 heteroatoms. The van der Waals surface area contributed by atoms with Gasteiger partial charge in [-0.15, -0.1) is 0 Å². The van der Waals surface area contributed by atoms with E-state index in [9.17, 15) is 0 Å². The second-order valence-corrected chi connectivity index (χ2v) is 22.5. The third kappa shape index (κ3) is 6.16. The maximum Gasteiger partial charge on any atom is 0.0473 e. The molecule has 0 heterocycles. The topological polar surface area (TPSA) is 6.48 Å². The van der Waals surface area contributed by atoms with Crippen LogP contribution < -0.4 is 9.80 Å². The van der Waals surface area contributed by atoms with Crippen LogP contribution in [0, 0.1) is 0 Å². The molecule has 16 rings (SSSR count). The van der Waals surface area contributed by atoms with Gasteiger partial charge in [-0.25, -0.2) is 0 Å². The van der Waals surface area contributed by atoms with Gasteiger partial charge < -0.3 is 9.80 Å². The van der Waals surface area contributed by atoms with Crippen LogP contribution in [-0.2, 0) is 10.8 Å². The lowest BCUT2D eigenvalue weighted by Crippen LogP contribution is -2.16. The Balaban J connectivity index is 0.870. The summed E-state index contributed by atoms with van der Waals surface area (Å²) in [6.45, 7) is 9.50. The minimum atomic E-state index is -0.149. The zero-order chi connectivity index (χ0) is 50.6. The SMILES string of the molecule is CC1(C)c2ccccc2-c2ccc(N(c3cccc(-c4cccc(N(c5ccc6c(c5)C(C)(C)c5ccccc5-6)c5cc6ccc7cccc8ccc(c5)c6c78)c4)c3)c3cc4ccc5cccc6ccc(c3)c4c56)cc21. The number of rotatable bonds is 7. The quantitative estimate of drug-likeness (QED) is 0.147. The minimum Gasteiger partial charge on any atom is -0.310 e. The zero-order valence-corrected chi connectivity index (χ0v) is 43.0. The van der Waals surface area contributed by atoms with E-state index >= 15 is 0 Å². The first-order chi connectivity index (χ1) is 37.2. The van der Waals surface area contributed by atoms with Crippen molar-refractivity contribution in [2.45, 2.75) is 38.5 Å². The van der Waals surface area contributed by atoms with E-state index in [0.717, 1.165) is 45.3 Å². The molecule has 14 aromatic rings. The fourth-order valence-corrected chi connectivity index (χ4v) is 13.9. The fourth-order valence-electron chi connectivity index (χ4n) is 13.9. The molecule has 0 amide bonds. The molecule has 0 saturated heterocycles. The van der Waals surface area contributed by atoms with Crippen molar-refractivity contribution < 1.29 is 0 Å². The molecule has 0 aromatic heterocycles. The number of benzene rings is 14. The Morgan fingerprint density at radius 2 is 0.539 bits per heavy atom. The molecule has 0 atom stereocenters. The summed E-state index contributed by atoms with van der Waals surface area (Å²) in [5.41, 5.74) is 19.5. The van der Waals surface area contributed by atoms with Gasteiger partial charge in [0.25, 0.3) is 0 Å². The molecule has 2 aliphatic carbocycles. The van der Waals surface area contributed by atoms with Crippen molar-refractivity contribution in [3.8, 4) is 33.4 Å². The van der Waals surface area contributed by atoms with Gasteiger partial charge in [0, 0.05) is 45.0 Å². The number of nitrogens with zero attached hydrogens (tertiary/aromatic N) is 2. The van der Waals surface area contributed by atoms with E-state index < -0.39 is 0 Å². The molecule has 2 nitrogen and oxygen atoms in total. The highest BCUT2D eigenvalue weighted by Crippen LogP contribution is 2.53. The number of hydrogen-bond acceptors (Lipinski definition) is 2. The highest BCUT2D eigenvalue weighted by Gasteiger charge is 2.37. The lowest BCUT2D eigenvalue weighted by atomic mass is 9.82. The third-order valence-electron chi connectivity index (χ3n) is 17.6. The van der Waals surface area contributed by atoms with E-state index in [4.69, 9.17) is 0 Å². The molecule has 14 aromatic carbocycles. The van der Waals surface area contributed by atoms with Gasteiger partial charge in [0.2, 0.25) is 0 Å². The third-order valence-corrected chi connectivity index (χ3v) is 17.6. The molecular formula is C74H52N2. The van der Waals surface area contributed by atoms with Gasteiger partial charge in [-0.3, -0.25) is 0 Å². The molecule has 0 aliphatic heterocycles. The van der Waals surface area contributed by atoms with Gasteiger partial charge in [0.05, 0.1) is 0 Å². The van der Waals surface area contributed by atoms with E-state index in [1.54, 1.807) is 0 Å². The molecule has 0 radical (unpaired) electrons. The summed E-state index contributed by atoms with van der Waals surface area (Å²) in [7, 11) is 0. The molecular weight excluding hydrogens is 917 g/mol. The second kappa shape index (κ2) is 15.6. The highest BCUT2D eigenvalue weighted by atomic mass is 15.1. The minimum absolute atomic E-state index is 0.149. The molecule has 76 heavy (non-hydrogen) atoms. The molecule has 0 saturated carbocycles.